The van der Waals surface area contributed by atoms with Gasteiger partial charge in [-0.1, -0.05) is 18.2 Å². The fraction of sp³-hybridized carbons (Fsp3) is 0.0952. The second kappa shape index (κ2) is 8.14. The van der Waals surface area contributed by atoms with Crippen molar-refractivity contribution in [1.82, 2.24) is 4.98 Å². The Bertz CT molecular complexity index is 940. The maximum Gasteiger partial charge on any atom is 0.337 e. The minimum atomic E-state index is -0.392. The van der Waals surface area contributed by atoms with Crippen LogP contribution in [0.3, 0.4) is 0 Å². The number of amides is 1. The van der Waals surface area contributed by atoms with Gasteiger partial charge in [-0.3, -0.25) is 4.79 Å². The third kappa shape index (κ3) is 4.30. The largest absolute Gasteiger partial charge is 0.465 e. The molecule has 1 amide bonds. The van der Waals surface area contributed by atoms with Crippen LogP contribution < -0.4 is 10.2 Å². The summed E-state index contributed by atoms with van der Waals surface area (Å²) < 4.78 is 4.68. The van der Waals surface area contributed by atoms with Gasteiger partial charge < -0.3 is 15.0 Å². The molecule has 136 valence electrons. The summed E-state index contributed by atoms with van der Waals surface area (Å²) in [5, 5.41) is 3.13. The van der Waals surface area contributed by atoms with Crippen molar-refractivity contribution in [2.45, 2.75) is 0 Å². The molecule has 3 aromatic rings. The van der Waals surface area contributed by atoms with Crippen LogP contribution in [0.15, 0.2) is 72.9 Å². The Balaban J connectivity index is 1.75. The van der Waals surface area contributed by atoms with E-state index in [1.807, 2.05) is 30.3 Å². The van der Waals surface area contributed by atoms with Crippen LogP contribution in [0.1, 0.15) is 20.7 Å². The summed E-state index contributed by atoms with van der Waals surface area (Å²) in [6.07, 6.45) is 1.58. The Hall–Kier alpha value is -3.67. The Labute approximate surface area is 157 Å². The molecule has 0 aliphatic carbocycles. The van der Waals surface area contributed by atoms with E-state index in [9.17, 15) is 9.59 Å². The van der Waals surface area contributed by atoms with Gasteiger partial charge in [0.1, 0.15) is 5.82 Å². The first-order valence-electron chi connectivity index (χ1n) is 8.33. The van der Waals surface area contributed by atoms with Gasteiger partial charge >= 0.3 is 5.97 Å². The number of nitrogens with zero attached hydrogens (tertiary/aromatic N) is 2. The van der Waals surface area contributed by atoms with Crippen molar-refractivity contribution in [1.29, 1.82) is 0 Å². The van der Waals surface area contributed by atoms with Crippen LogP contribution in [-0.2, 0) is 4.74 Å². The van der Waals surface area contributed by atoms with Crippen molar-refractivity contribution in [2.75, 3.05) is 24.4 Å². The van der Waals surface area contributed by atoms with Gasteiger partial charge in [0.2, 0.25) is 0 Å². The van der Waals surface area contributed by atoms with Gasteiger partial charge in [-0.05, 0) is 48.5 Å². The maximum atomic E-state index is 12.7. The standard InChI is InChI=1S/C21H19N3O3/c1-24(18-6-4-3-5-7-18)20(25)16-12-13-22-19(14-16)23-17-10-8-15(9-11-17)21(26)27-2/h3-14H,1-2H3,(H,22,23). The molecule has 1 aromatic heterocycles. The highest BCUT2D eigenvalue weighted by Crippen LogP contribution is 2.19. The van der Waals surface area contributed by atoms with E-state index in [-0.39, 0.29) is 5.91 Å². The van der Waals surface area contributed by atoms with E-state index in [1.54, 1.807) is 54.5 Å². The lowest BCUT2D eigenvalue weighted by Gasteiger charge is -2.17. The number of rotatable bonds is 5. The summed E-state index contributed by atoms with van der Waals surface area (Å²) in [5.74, 6) is 0.0111. The van der Waals surface area contributed by atoms with Gasteiger partial charge in [-0.2, -0.15) is 0 Å². The first-order valence-corrected chi connectivity index (χ1v) is 8.33. The second-order valence-electron chi connectivity index (χ2n) is 5.82. The van der Waals surface area contributed by atoms with Gasteiger partial charge in [-0.15, -0.1) is 0 Å². The number of hydrogen-bond acceptors (Lipinski definition) is 5. The topological polar surface area (TPSA) is 71.5 Å². The first kappa shape index (κ1) is 18.1. The third-order valence-electron chi connectivity index (χ3n) is 4.03. The summed E-state index contributed by atoms with van der Waals surface area (Å²) >= 11 is 0. The molecular formula is C21H19N3O3. The highest BCUT2D eigenvalue weighted by molar-refractivity contribution is 6.06. The molecule has 6 nitrogen and oxygen atoms in total. The number of hydrogen-bond donors (Lipinski definition) is 1. The van der Waals surface area contributed by atoms with Crippen LogP contribution in [0.25, 0.3) is 0 Å². The summed E-state index contributed by atoms with van der Waals surface area (Å²) in [6.45, 7) is 0. The molecule has 0 atom stereocenters. The fourth-order valence-corrected chi connectivity index (χ4v) is 2.55. The SMILES string of the molecule is COC(=O)c1ccc(Nc2cc(C(=O)N(C)c3ccccc3)ccn2)cc1. The molecule has 0 fully saturated rings. The number of pyridine rings is 1. The van der Waals surface area contributed by atoms with Crippen LogP contribution in [-0.4, -0.2) is 31.0 Å². The van der Waals surface area contributed by atoms with Crippen LogP contribution in [0.5, 0.6) is 0 Å². The Morgan fingerprint density at radius 3 is 2.33 bits per heavy atom. The molecule has 0 saturated carbocycles. The van der Waals surface area contributed by atoms with Crippen molar-refractivity contribution in [2.24, 2.45) is 0 Å². The fourth-order valence-electron chi connectivity index (χ4n) is 2.55. The van der Waals surface area contributed by atoms with E-state index in [0.29, 0.717) is 16.9 Å². The van der Waals surface area contributed by atoms with Crippen LogP contribution in [0.2, 0.25) is 0 Å². The average molecular weight is 361 g/mol. The molecule has 0 spiro atoms. The van der Waals surface area contributed by atoms with E-state index in [1.165, 1.54) is 7.11 Å². The van der Waals surface area contributed by atoms with Gasteiger partial charge in [0.05, 0.1) is 12.7 Å². The van der Waals surface area contributed by atoms with Crippen molar-refractivity contribution in [3.63, 3.8) is 0 Å². The normalized spacial score (nSPS) is 10.1. The molecule has 1 N–H and O–H groups in total. The van der Waals surface area contributed by atoms with Crippen molar-refractivity contribution in [3.05, 3.63) is 84.1 Å². The molecule has 0 saturated heterocycles. The quantitative estimate of drug-likeness (QED) is 0.698. The van der Waals surface area contributed by atoms with Crippen LogP contribution in [0.4, 0.5) is 17.2 Å². The van der Waals surface area contributed by atoms with Crippen molar-refractivity contribution in [3.8, 4) is 0 Å². The Morgan fingerprint density at radius 2 is 1.67 bits per heavy atom. The van der Waals surface area contributed by atoms with Crippen molar-refractivity contribution >= 4 is 29.1 Å². The molecule has 0 aliphatic heterocycles. The van der Waals surface area contributed by atoms with Gasteiger partial charge in [0.25, 0.3) is 5.91 Å². The highest BCUT2D eigenvalue weighted by Gasteiger charge is 2.14. The molecule has 1 heterocycles. The number of benzene rings is 2. The summed E-state index contributed by atoms with van der Waals surface area (Å²) in [6, 6.07) is 19.6. The van der Waals surface area contributed by atoms with Crippen molar-refractivity contribution < 1.29 is 14.3 Å². The Morgan fingerprint density at radius 1 is 0.963 bits per heavy atom. The lowest BCUT2D eigenvalue weighted by Crippen LogP contribution is -2.26. The van der Waals surface area contributed by atoms with E-state index in [4.69, 9.17) is 0 Å². The zero-order valence-corrected chi connectivity index (χ0v) is 15.0. The lowest BCUT2D eigenvalue weighted by molar-refractivity contribution is 0.0600. The summed E-state index contributed by atoms with van der Waals surface area (Å²) in [5.41, 5.74) is 2.54. The predicted octanol–water partition coefficient (Wildman–Crippen LogP) is 3.89. The molecule has 0 aliphatic rings. The number of nitrogens with one attached hydrogen (secondary N) is 1. The average Bonchev–Trinajstić information content (AvgIpc) is 2.73. The number of esters is 1. The number of ether oxygens (including phenoxy) is 1. The molecular weight excluding hydrogens is 342 g/mol. The zero-order valence-electron chi connectivity index (χ0n) is 15.0. The first-order chi connectivity index (χ1) is 13.1. The molecule has 3 rings (SSSR count). The minimum Gasteiger partial charge on any atom is -0.465 e. The number of anilines is 3. The van der Waals surface area contributed by atoms with E-state index < -0.39 is 5.97 Å². The van der Waals surface area contributed by atoms with E-state index in [2.05, 4.69) is 15.0 Å². The van der Waals surface area contributed by atoms with Gasteiger partial charge in [0, 0.05) is 30.2 Å². The van der Waals surface area contributed by atoms with E-state index in [0.717, 1.165) is 11.4 Å². The number of carbonyl (C=O) groups is 2. The van der Waals surface area contributed by atoms with Crippen LogP contribution >= 0.6 is 0 Å². The third-order valence-corrected chi connectivity index (χ3v) is 4.03. The number of aromatic nitrogens is 1. The van der Waals surface area contributed by atoms with Gasteiger partial charge in [-0.25, -0.2) is 9.78 Å². The second-order valence-corrected chi connectivity index (χ2v) is 5.82. The number of methoxy groups -OCH3 is 1. The molecule has 2 aromatic carbocycles. The van der Waals surface area contributed by atoms with Gasteiger partial charge in [0.15, 0.2) is 0 Å². The molecule has 0 radical (unpaired) electrons. The lowest BCUT2D eigenvalue weighted by atomic mass is 10.2. The predicted molar refractivity (Wildman–Crippen MR) is 104 cm³/mol. The molecule has 6 heteroatoms. The molecule has 27 heavy (non-hydrogen) atoms. The highest BCUT2D eigenvalue weighted by atomic mass is 16.5. The maximum absolute atomic E-state index is 12.7. The molecule has 0 bridgehead atoms. The summed E-state index contributed by atoms with van der Waals surface area (Å²) in [4.78, 5) is 30.0. The number of carbonyl (C=O) groups excluding carboxylic acids is 2. The van der Waals surface area contributed by atoms with Crippen LogP contribution in [0, 0.1) is 0 Å². The minimum absolute atomic E-state index is 0.132. The monoisotopic (exact) mass is 361 g/mol. The smallest absolute Gasteiger partial charge is 0.337 e. The molecule has 0 unspecified atom stereocenters. The van der Waals surface area contributed by atoms with E-state index >= 15 is 0 Å². The Kier molecular flexibility index (Phi) is 5.47. The number of para-hydroxylation sites is 1. The zero-order chi connectivity index (χ0) is 19.2. The summed E-state index contributed by atoms with van der Waals surface area (Å²) in [7, 11) is 3.07.